The Morgan fingerprint density at radius 1 is 1.50 bits per heavy atom. The first-order valence-corrected chi connectivity index (χ1v) is 6.59. The molecular formula is C13H13N3O3S. The molecule has 0 aliphatic carbocycles. The van der Waals surface area contributed by atoms with Crippen molar-refractivity contribution in [3.05, 3.63) is 39.9 Å². The first-order valence-electron chi connectivity index (χ1n) is 5.77. The summed E-state index contributed by atoms with van der Waals surface area (Å²) in [7, 11) is 1.76. The Morgan fingerprint density at radius 3 is 2.85 bits per heavy atom. The molecule has 7 heteroatoms. The van der Waals surface area contributed by atoms with Crippen molar-refractivity contribution in [3.63, 3.8) is 0 Å². The van der Waals surface area contributed by atoms with Crippen molar-refractivity contribution < 1.29 is 14.7 Å². The summed E-state index contributed by atoms with van der Waals surface area (Å²) in [4.78, 5) is 23.8. The lowest BCUT2D eigenvalue weighted by molar-refractivity contribution is -0.131. The van der Waals surface area contributed by atoms with Crippen molar-refractivity contribution >= 4 is 35.0 Å². The Morgan fingerprint density at radius 2 is 2.25 bits per heavy atom. The predicted molar refractivity (Wildman–Crippen MR) is 76.9 cm³/mol. The maximum absolute atomic E-state index is 12.0. The van der Waals surface area contributed by atoms with Crippen LogP contribution < -0.4 is 5.32 Å². The van der Waals surface area contributed by atoms with Gasteiger partial charge in [0.15, 0.2) is 0 Å². The smallest absolute Gasteiger partial charge is 0.328 e. The topological polar surface area (TPSA) is 84.2 Å². The lowest BCUT2D eigenvalue weighted by atomic mass is 10.2. The minimum Gasteiger partial charge on any atom is -0.478 e. The van der Waals surface area contributed by atoms with Crippen LogP contribution in [0.5, 0.6) is 0 Å². The number of rotatable bonds is 4. The summed E-state index contributed by atoms with van der Waals surface area (Å²) in [5, 5.41) is 15.3. The Kier molecular flexibility index (Phi) is 3.99. The number of aromatic nitrogens is 2. The van der Waals surface area contributed by atoms with Crippen LogP contribution in [0.1, 0.15) is 20.1 Å². The number of anilines is 1. The summed E-state index contributed by atoms with van der Waals surface area (Å²) in [6.07, 6.45) is 5.80. The average Bonchev–Trinajstić information content (AvgIpc) is 2.93. The quantitative estimate of drug-likeness (QED) is 0.845. The van der Waals surface area contributed by atoms with Gasteiger partial charge >= 0.3 is 5.97 Å². The molecular weight excluding hydrogens is 278 g/mol. The standard InChI is InChI=1S/C13H13N3O3S/c1-8-5-11(20-10(8)3-4-12(17)18)13(19)15-9-6-14-16(2)7-9/h3-7H,1-2H3,(H,15,19)(H,17,18)/b4-3+. The third-order valence-corrected chi connectivity index (χ3v) is 3.72. The molecule has 0 aliphatic rings. The molecule has 0 bridgehead atoms. The average molecular weight is 291 g/mol. The summed E-state index contributed by atoms with van der Waals surface area (Å²) >= 11 is 1.25. The lowest BCUT2D eigenvalue weighted by Gasteiger charge is -1.98. The number of carbonyl (C=O) groups excluding carboxylic acids is 1. The van der Waals surface area contributed by atoms with Crippen LogP contribution in [0.3, 0.4) is 0 Å². The maximum atomic E-state index is 12.0. The fourth-order valence-corrected chi connectivity index (χ4v) is 2.57. The molecule has 0 aromatic carbocycles. The van der Waals surface area contributed by atoms with E-state index in [-0.39, 0.29) is 5.91 Å². The zero-order chi connectivity index (χ0) is 14.7. The number of hydrogen-bond acceptors (Lipinski definition) is 4. The van der Waals surface area contributed by atoms with Crippen molar-refractivity contribution in [2.24, 2.45) is 7.05 Å². The summed E-state index contributed by atoms with van der Waals surface area (Å²) in [5.74, 6) is -1.25. The van der Waals surface area contributed by atoms with E-state index >= 15 is 0 Å². The summed E-state index contributed by atoms with van der Waals surface area (Å²) in [5.41, 5.74) is 1.48. The van der Waals surface area contributed by atoms with E-state index in [0.29, 0.717) is 10.6 Å². The Bertz CT molecular complexity index is 685. The largest absolute Gasteiger partial charge is 0.478 e. The second kappa shape index (κ2) is 5.70. The molecule has 2 aromatic rings. The van der Waals surface area contributed by atoms with Crippen molar-refractivity contribution in [1.82, 2.24) is 9.78 Å². The number of nitrogens with zero attached hydrogens (tertiary/aromatic N) is 2. The molecule has 2 aromatic heterocycles. The van der Waals surface area contributed by atoms with E-state index in [9.17, 15) is 9.59 Å². The number of hydrogen-bond donors (Lipinski definition) is 2. The van der Waals surface area contributed by atoms with Crippen LogP contribution in [0.15, 0.2) is 24.5 Å². The highest BCUT2D eigenvalue weighted by molar-refractivity contribution is 7.15. The number of aryl methyl sites for hydroxylation is 2. The second-order valence-electron chi connectivity index (χ2n) is 4.19. The molecule has 0 aliphatic heterocycles. The summed E-state index contributed by atoms with van der Waals surface area (Å²) < 4.78 is 1.59. The fourth-order valence-electron chi connectivity index (χ4n) is 1.60. The first kappa shape index (κ1) is 14.0. The zero-order valence-corrected chi connectivity index (χ0v) is 11.8. The zero-order valence-electron chi connectivity index (χ0n) is 11.0. The molecule has 6 nitrogen and oxygen atoms in total. The van der Waals surface area contributed by atoms with Crippen LogP contribution >= 0.6 is 11.3 Å². The molecule has 2 heterocycles. The minimum atomic E-state index is -1.01. The van der Waals surface area contributed by atoms with Gasteiger partial charge < -0.3 is 10.4 Å². The molecule has 0 fully saturated rings. The SMILES string of the molecule is Cc1cc(C(=O)Nc2cnn(C)c2)sc1/C=C/C(=O)O. The van der Waals surface area contributed by atoms with Crippen LogP contribution in [-0.4, -0.2) is 26.8 Å². The summed E-state index contributed by atoms with van der Waals surface area (Å²) in [6.45, 7) is 1.83. The Labute approximate surface area is 119 Å². The van der Waals surface area contributed by atoms with Gasteiger partial charge in [0.2, 0.25) is 0 Å². The van der Waals surface area contributed by atoms with Crippen LogP contribution in [-0.2, 0) is 11.8 Å². The molecule has 0 saturated carbocycles. The molecule has 20 heavy (non-hydrogen) atoms. The minimum absolute atomic E-state index is 0.235. The van der Waals surface area contributed by atoms with Crippen LogP contribution in [0.4, 0.5) is 5.69 Å². The van der Waals surface area contributed by atoms with Gasteiger partial charge in [-0.25, -0.2) is 4.79 Å². The van der Waals surface area contributed by atoms with E-state index in [2.05, 4.69) is 10.4 Å². The monoisotopic (exact) mass is 291 g/mol. The molecule has 1 amide bonds. The highest BCUT2D eigenvalue weighted by Gasteiger charge is 2.12. The number of thiophene rings is 1. The Hall–Kier alpha value is -2.41. The third kappa shape index (κ3) is 3.33. The number of carbonyl (C=O) groups is 2. The van der Waals surface area contributed by atoms with Gasteiger partial charge in [0.1, 0.15) is 0 Å². The van der Waals surface area contributed by atoms with Gasteiger partial charge in [-0.3, -0.25) is 9.48 Å². The number of aliphatic carboxylic acids is 1. The van der Waals surface area contributed by atoms with Gasteiger partial charge in [0, 0.05) is 24.2 Å². The maximum Gasteiger partial charge on any atom is 0.328 e. The van der Waals surface area contributed by atoms with E-state index in [1.807, 2.05) is 6.92 Å². The number of amides is 1. The van der Waals surface area contributed by atoms with Gasteiger partial charge in [-0.2, -0.15) is 5.10 Å². The van der Waals surface area contributed by atoms with Gasteiger partial charge in [0.05, 0.1) is 16.8 Å². The van der Waals surface area contributed by atoms with Crippen molar-refractivity contribution in [1.29, 1.82) is 0 Å². The van der Waals surface area contributed by atoms with Crippen LogP contribution in [0, 0.1) is 6.92 Å². The summed E-state index contributed by atoms with van der Waals surface area (Å²) in [6, 6.07) is 1.73. The molecule has 104 valence electrons. The van der Waals surface area contributed by atoms with Crippen molar-refractivity contribution in [2.45, 2.75) is 6.92 Å². The number of carboxylic acids is 1. The van der Waals surface area contributed by atoms with Crippen molar-refractivity contribution in [2.75, 3.05) is 5.32 Å². The van der Waals surface area contributed by atoms with Crippen LogP contribution in [0.2, 0.25) is 0 Å². The van der Waals surface area contributed by atoms with E-state index in [1.54, 1.807) is 30.2 Å². The van der Waals surface area contributed by atoms with E-state index in [1.165, 1.54) is 17.4 Å². The lowest BCUT2D eigenvalue weighted by Crippen LogP contribution is -2.09. The normalized spacial score (nSPS) is 10.9. The van der Waals surface area contributed by atoms with Crippen LogP contribution in [0.25, 0.3) is 6.08 Å². The fraction of sp³-hybridized carbons (Fsp3) is 0.154. The van der Waals surface area contributed by atoms with Gasteiger partial charge in [-0.15, -0.1) is 11.3 Å². The number of carboxylic acid groups (broad SMARTS) is 1. The van der Waals surface area contributed by atoms with Gasteiger partial charge in [0.25, 0.3) is 5.91 Å². The van der Waals surface area contributed by atoms with Crippen molar-refractivity contribution in [3.8, 4) is 0 Å². The molecule has 2 rings (SSSR count). The predicted octanol–water partition coefficient (Wildman–Crippen LogP) is 2.14. The molecule has 0 radical (unpaired) electrons. The highest BCUT2D eigenvalue weighted by Crippen LogP contribution is 2.24. The van der Waals surface area contributed by atoms with Gasteiger partial charge in [-0.1, -0.05) is 0 Å². The van der Waals surface area contributed by atoms with E-state index < -0.39 is 5.97 Å². The molecule has 2 N–H and O–H groups in total. The Balaban J connectivity index is 2.15. The molecule has 0 saturated heterocycles. The highest BCUT2D eigenvalue weighted by atomic mass is 32.1. The first-order chi connectivity index (χ1) is 9.45. The molecule has 0 atom stereocenters. The number of nitrogens with one attached hydrogen (secondary N) is 1. The molecule has 0 unspecified atom stereocenters. The van der Waals surface area contributed by atoms with E-state index in [4.69, 9.17) is 5.11 Å². The molecule has 0 spiro atoms. The van der Waals surface area contributed by atoms with E-state index in [0.717, 1.165) is 16.5 Å². The second-order valence-corrected chi connectivity index (χ2v) is 5.27. The van der Waals surface area contributed by atoms with Gasteiger partial charge in [-0.05, 0) is 24.6 Å². The third-order valence-electron chi connectivity index (χ3n) is 2.52.